The van der Waals surface area contributed by atoms with Crippen molar-refractivity contribution < 1.29 is 0 Å². The summed E-state index contributed by atoms with van der Waals surface area (Å²) in [6.45, 7) is 4.42. The van der Waals surface area contributed by atoms with E-state index in [0.717, 1.165) is 38.7 Å². The molecular weight excluding hydrogens is 296 g/mol. The molecule has 0 radical (unpaired) electrons. The molecular formula is C15H24N6S. The summed E-state index contributed by atoms with van der Waals surface area (Å²) < 4.78 is 0. The molecule has 2 fully saturated rings. The Balaban J connectivity index is 1.48. The standard InChI is InChI=1S/C15H24N6S/c16-14(19-11-13-3-1-10-22-12-13)20-6-8-21(9-7-20)15-17-4-2-5-18-15/h2,4-5,13H,1,3,6-12H2,(H2,16,19). The van der Waals surface area contributed by atoms with Crippen LogP contribution in [0.25, 0.3) is 0 Å². The number of nitrogens with two attached hydrogens (primary N) is 1. The van der Waals surface area contributed by atoms with Gasteiger partial charge in [-0.2, -0.15) is 11.8 Å². The zero-order valence-electron chi connectivity index (χ0n) is 12.9. The fourth-order valence-electron chi connectivity index (χ4n) is 2.86. The molecule has 7 heteroatoms. The van der Waals surface area contributed by atoms with Crippen molar-refractivity contribution in [3.8, 4) is 0 Å². The minimum atomic E-state index is 0.698. The maximum Gasteiger partial charge on any atom is 0.225 e. The SMILES string of the molecule is NC(=NCC1CCCSC1)N1CCN(c2ncccn2)CC1. The maximum absolute atomic E-state index is 6.17. The Bertz CT molecular complexity index is 480. The van der Waals surface area contributed by atoms with E-state index in [1.165, 1.54) is 24.3 Å². The topological polar surface area (TPSA) is 70.6 Å². The molecule has 2 N–H and O–H groups in total. The monoisotopic (exact) mass is 320 g/mol. The molecule has 0 amide bonds. The van der Waals surface area contributed by atoms with Gasteiger partial charge < -0.3 is 15.5 Å². The Hall–Kier alpha value is -1.50. The van der Waals surface area contributed by atoms with Crippen LogP contribution in [0, 0.1) is 5.92 Å². The summed E-state index contributed by atoms with van der Waals surface area (Å²) in [5.74, 6) is 4.74. The van der Waals surface area contributed by atoms with Crippen LogP contribution >= 0.6 is 11.8 Å². The highest BCUT2D eigenvalue weighted by Gasteiger charge is 2.20. The van der Waals surface area contributed by atoms with Crippen molar-refractivity contribution in [2.24, 2.45) is 16.6 Å². The largest absolute Gasteiger partial charge is 0.370 e. The number of aliphatic imine (C=N–C) groups is 1. The Labute approximate surface area is 136 Å². The van der Waals surface area contributed by atoms with Crippen molar-refractivity contribution in [1.29, 1.82) is 0 Å². The highest BCUT2D eigenvalue weighted by molar-refractivity contribution is 7.99. The second-order valence-electron chi connectivity index (χ2n) is 5.80. The summed E-state index contributed by atoms with van der Waals surface area (Å²) in [4.78, 5) is 17.6. The van der Waals surface area contributed by atoms with Crippen LogP contribution in [-0.2, 0) is 0 Å². The van der Waals surface area contributed by atoms with E-state index >= 15 is 0 Å². The molecule has 120 valence electrons. The van der Waals surface area contributed by atoms with Gasteiger partial charge in [0.15, 0.2) is 5.96 Å². The van der Waals surface area contributed by atoms with Gasteiger partial charge in [0.05, 0.1) is 0 Å². The fraction of sp³-hybridized carbons (Fsp3) is 0.667. The van der Waals surface area contributed by atoms with Gasteiger partial charge in [0.1, 0.15) is 0 Å². The van der Waals surface area contributed by atoms with Gasteiger partial charge in [-0.25, -0.2) is 9.97 Å². The number of aromatic nitrogens is 2. The number of rotatable bonds is 3. The van der Waals surface area contributed by atoms with Crippen LogP contribution in [-0.4, -0.2) is 65.1 Å². The minimum absolute atomic E-state index is 0.698. The van der Waals surface area contributed by atoms with Crippen molar-refractivity contribution in [3.05, 3.63) is 18.5 Å². The van der Waals surface area contributed by atoms with Gasteiger partial charge in [-0.1, -0.05) is 0 Å². The first kappa shape index (κ1) is 15.4. The highest BCUT2D eigenvalue weighted by atomic mass is 32.2. The summed E-state index contributed by atoms with van der Waals surface area (Å²) in [7, 11) is 0. The third-order valence-electron chi connectivity index (χ3n) is 4.20. The van der Waals surface area contributed by atoms with Crippen LogP contribution in [0.4, 0.5) is 5.95 Å². The van der Waals surface area contributed by atoms with Gasteiger partial charge in [-0.3, -0.25) is 4.99 Å². The van der Waals surface area contributed by atoms with E-state index in [4.69, 9.17) is 5.73 Å². The molecule has 1 aromatic rings. The molecule has 0 bridgehead atoms. The van der Waals surface area contributed by atoms with Gasteiger partial charge in [0, 0.05) is 45.1 Å². The van der Waals surface area contributed by atoms with Gasteiger partial charge in [-0.05, 0) is 36.3 Å². The van der Waals surface area contributed by atoms with Crippen LogP contribution in [0.2, 0.25) is 0 Å². The summed E-state index contributed by atoms with van der Waals surface area (Å²) in [5.41, 5.74) is 6.17. The van der Waals surface area contributed by atoms with E-state index < -0.39 is 0 Å². The Morgan fingerprint density at radius 2 is 2.05 bits per heavy atom. The number of hydrogen-bond donors (Lipinski definition) is 1. The molecule has 0 aromatic carbocycles. The lowest BCUT2D eigenvalue weighted by Gasteiger charge is -2.35. The van der Waals surface area contributed by atoms with Gasteiger partial charge in [0.25, 0.3) is 0 Å². The maximum atomic E-state index is 6.17. The van der Waals surface area contributed by atoms with E-state index in [1.54, 1.807) is 12.4 Å². The number of hydrogen-bond acceptors (Lipinski definition) is 5. The molecule has 22 heavy (non-hydrogen) atoms. The van der Waals surface area contributed by atoms with Crippen molar-refractivity contribution in [2.45, 2.75) is 12.8 Å². The lowest BCUT2D eigenvalue weighted by molar-refractivity contribution is 0.376. The summed E-state index contributed by atoms with van der Waals surface area (Å²) in [6, 6.07) is 1.84. The molecule has 1 aromatic heterocycles. The Kier molecular flexibility index (Phi) is 5.37. The van der Waals surface area contributed by atoms with Gasteiger partial charge in [0.2, 0.25) is 5.95 Å². The molecule has 1 unspecified atom stereocenters. The van der Waals surface area contributed by atoms with Crippen LogP contribution in [0.1, 0.15) is 12.8 Å². The van der Waals surface area contributed by atoms with Crippen molar-refractivity contribution in [3.63, 3.8) is 0 Å². The summed E-state index contributed by atoms with van der Waals surface area (Å²) in [6.07, 6.45) is 6.18. The first-order valence-corrected chi connectivity index (χ1v) is 9.13. The normalized spacial score (nSPS) is 23.6. The zero-order chi connectivity index (χ0) is 15.2. The van der Waals surface area contributed by atoms with Crippen molar-refractivity contribution in [1.82, 2.24) is 14.9 Å². The molecule has 0 saturated carbocycles. The average Bonchev–Trinajstić information content (AvgIpc) is 2.61. The Morgan fingerprint density at radius 3 is 2.73 bits per heavy atom. The lowest BCUT2D eigenvalue weighted by Crippen LogP contribution is -2.51. The number of thioether (sulfide) groups is 1. The molecule has 1 atom stereocenters. The van der Waals surface area contributed by atoms with Crippen LogP contribution in [0.5, 0.6) is 0 Å². The fourth-order valence-corrected chi connectivity index (χ4v) is 4.01. The molecule has 0 spiro atoms. The predicted octanol–water partition coefficient (Wildman–Crippen LogP) is 1.06. The minimum Gasteiger partial charge on any atom is -0.370 e. The Morgan fingerprint density at radius 1 is 1.27 bits per heavy atom. The quantitative estimate of drug-likeness (QED) is 0.663. The van der Waals surface area contributed by atoms with Crippen LogP contribution in [0.15, 0.2) is 23.5 Å². The molecule has 2 aliphatic rings. The third-order valence-corrected chi connectivity index (χ3v) is 5.49. The number of piperazine rings is 1. The predicted molar refractivity (Wildman–Crippen MR) is 92.4 cm³/mol. The molecule has 3 rings (SSSR count). The molecule has 3 heterocycles. The van der Waals surface area contributed by atoms with E-state index in [2.05, 4.69) is 24.8 Å². The second kappa shape index (κ2) is 7.67. The number of nitrogens with zero attached hydrogens (tertiary/aromatic N) is 5. The van der Waals surface area contributed by atoms with Crippen LogP contribution < -0.4 is 10.6 Å². The number of anilines is 1. The zero-order valence-corrected chi connectivity index (χ0v) is 13.7. The van der Waals surface area contributed by atoms with E-state index in [1.807, 2.05) is 17.8 Å². The lowest BCUT2D eigenvalue weighted by atomic mass is 10.1. The van der Waals surface area contributed by atoms with Gasteiger partial charge in [-0.15, -0.1) is 0 Å². The number of guanidine groups is 1. The van der Waals surface area contributed by atoms with Gasteiger partial charge >= 0.3 is 0 Å². The first-order chi connectivity index (χ1) is 10.8. The van der Waals surface area contributed by atoms with E-state index in [0.29, 0.717) is 11.9 Å². The highest BCUT2D eigenvalue weighted by Crippen LogP contribution is 2.22. The first-order valence-electron chi connectivity index (χ1n) is 7.97. The average molecular weight is 320 g/mol. The molecule has 2 saturated heterocycles. The van der Waals surface area contributed by atoms with E-state index in [9.17, 15) is 0 Å². The molecule has 2 aliphatic heterocycles. The molecule has 0 aliphatic carbocycles. The smallest absolute Gasteiger partial charge is 0.225 e. The van der Waals surface area contributed by atoms with E-state index in [-0.39, 0.29) is 0 Å². The third kappa shape index (κ3) is 4.03. The summed E-state index contributed by atoms with van der Waals surface area (Å²) >= 11 is 2.04. The van der Waals surface area contributed by atoms with Crippen molar-refractivity contribution in [2.75, 3.05) is 49.1 Å². The molecule has 6 nitrogen and oxygen atoms in total. The second-order valence-corrected chi connectivity index (χ2v) is 6.95. The van der Waals surface area contributed by atoms with Crippen molar-refractivity contribution >= 4 is 23.7 Å². The van der Waals surface area contributed by atoms with Crippen LogP contribution in [0.3, 0.4) is 0 Å². The summed E-state index contributed by atoms with van der Waals surface area (Å²) in [5, 5.41) is 0.